The number of carbonyl (C=O) groups is 2. The average molecular weight is 334 g/mol. The number of aryl methyl sites for hydroxylation is 1. The molecule has 0 aliphatic heterocycles. The molecule has 20 heavy (non-hydrogen) atoms. The summed E-state index contributed by atoms with van der Waals surface area (Å²) in [5.41, 5.74) is 1.29. The zero-order chi connectivity index (χ0) is 14.5. The van der Waals surface area contributed by atoms with Crippen LogP contribution in [0.15, 0.2) is 46.9 Å². The van der Waals surface area contributed by atoms with Gasteiger partial charge in [-0.05, 0) is 47.1 Å². The quantitative estimate of drug-likeness (QED) is 0.830. The lowest BCUT2D eigenvalue weighted by Crippen LogP contribution is -2.29. The van der Waals surface area contributed by atoms with Crippen molar-refractivity contribution in [3.05, 3.63) is 52.6 Å². The van der Waals surface area contributed by atoms with Crippen LogP contribution in [0.2, 0.25) is 0 Å². The van der Waals surface area contributed by atoms with E-state index in [0.717, 1.165) is 5.69 Å². The number of para-hydroxylation sites is 1. The van der Waals surface area contributed by atoms with E-state index in [4.69, 9.17) is 0 Å². The normalized spacial score (nSPS) is 9.90. The van der Waals surface area contributed by atoms with Gasteiger partial charge in [0.2, 0.25) is 0 Å². The van der Waals surface area contributed by atoms with Crippen LogP contribution in [0, 0.1) is 6.92 Å². The lowest BCUT2D eigenvalue weighted by molar-refractivity contribution is -0.133. The number of hydrogen-bond acceptors (Lipinski definition) is 3. The highest BCUT2D eigenvalue weighted by atomic mass is 79.9. The Balaban J connectivity index is 2.03. The molecule has 1 aromatic carbocycles. The van der Waals surface area contributed by atoms with E-state index >= 15 is 0 Å². The summed E-state index contributed by atoms with van der Waals surface area (Å²) in [4.78, 5) is 27.6. The van der Waals surface area contributed by atoms with Crippen molar-refractivity contribution >= 4 is 39.2 Å². The summed E-state index contributed by atoms with van der Waals surface area (Å²) in [5, 5.41) is 4.96. The fourth-order valence-electron chi connectivity index (χ4n) is 1.53. The van der Waals surface area contributed by atoms with Gasteiger partial charge in [-0.1, -0.05) is 18.2 Å². The molecular weight excluding hydrogens is 322 g/mol. The molecule has 0 aliphatic carbocycles. The van der Waals surface area contributed by atoms with E-state index in [1.807, 2.05) is 6.07 Å². The van der Waals surface area contributed by atoms with Gasteiger partial charge in [-0.15, -0.1) is 0 Å². The zero-order valence-corrected chi connectivity index (χ0v) is 12.3. The Morgan fingerprint density at radius 3 is 2.40 bits per heavy atom. The highest BCUT2D eigenvalue weighted by Gasteiger charge is 2.15. The predicted octanol–water partition coefficient (Wildman–Crippen LogP) is 2.73. The Bertz CT molecular complexity index is 658. The molecule has 0 atom stereocenters. The minimum absolute atomic E-state index is 0.345. The van der Waals surface area contributed by atoms with Gasteiger partial charge in [0.25, 0.3) is 0 Å². The van der Waals surface area contributed by atoms with Crippen molar-refractivity contribution in [2.24, 2.45) is 0 Å². The van der Waals surface area contributed by atoms with Crippen LogP contribution < -0.4 is 10.6 Å². The second kappa shape index (κ2) is 6.29. The number of nitrogens with one attached hydrogen (secondary N) is 2. The molecule has 6 heteroatoms. The molecule has 0 saturated heterocycles. The van der Waals surface area contributed by atoms with E-state index in [1.54, 1.807) is 43.3 Å². The number of aromatic nitrogens is 1. The standard InChI is InChI=1S/C14H12BrN3O2/c1-9-5-4-8-12(16-9)18-14(20)13(19)17-11-7-3-2-6-10(11)15/h2-8H,1H3,(H,17,19)(H,16,18,20). The predicted molar refractivity (Wildman–Crippen MR) is 80.4 cm³/mol. The number of anilines is 2. The van der Waals surface area contributed by atoms with Crippen LogP contribution in [0.3, 0.4) is 0 Å². The smallest absolute Gasteiger partial charge is 0.315 e. The minimum atomic E-state index is -0.765. The van der Waals surface area contributed by atoms with Gasteiger partial charge in [-0.3, -0.25) is 9.59 Å². The summed E-state index contributed by atoms with van der Waals surface area (Å²) in [7, 11) is 0. The summed E-state index contributed by atoms with van der Waals surface area (Å²) in [6, 6.07) is 12.2. The third kappa shape index (κ3) is 3.64. The average Bonchev–Trinajstić information content (AvgIpc) is 2.41. The Kier molecular flexibility index (Phi) is 4.47. The summed E-state index contributed by atoms with van der Waals surface area (Å²) in [5.74, 6) is -1.17. The number of amides is 2. The molecule has 1 aromatic heterocycles. The van der Waals surface area contributed by atoms with E-state index in [0.29, 0.717) is 16.0 Å². The molecule has 2 amide bonds. The van der Waals surface area contributed by atoms with Crippen LogP contribution in [0.1, 0.15) is 5.69 Å². The number of carbonyl (C=O) groups excluding carboxylic acids is 2. The van der Waals surface area contributed by atoms with Gasteiger partial charge >= 0.3 is 11.8 Å². The largest absolute Gasteiger partial charge is 0.317 e. The maximum atomic E-state index is 11.8. The van der Waals surface area contributed by atoms with Crippen molar-refractivity contribution in [1.29, 1.82) is 0 Å². The second-order valence-electron chi connectivity index (χ2n) is 4.05. The minimum Gasteiger partial charge on any atom is -0.317 e. The molecule has 1 heterocycles. The topological polar surface area (TPSA) is 71.1 Å². The monoisotopic (exact) mass is 333 g/mol. The molecule has 0 bridgehead atoms. The van der Waals surface area contributed by atoms with Crippen molar-refractivity contribution in [3.63, 3.8) is 0 Å². The Hall–Kier alpha value is -2.21. The molecule has 2 rings (SSSR count). The summed E-state index contributed by atoms with van der Waals surface area (Å²) in [6.45, 7) is 1.80. The Labute approximate surface area is 124 Å². The van der Waals surface area contributed by atoms with Gasteiger partial charge in [0, 0.05) is 10.2 Å². The van der Waals surface area contributed by atoms with Crippen molar-refractivity contribution in [2.75, 3.05) is 10.6 Å². The molecule has 0 aliphatic rings. The lowest BCUT2D eigenvalue weighted by atomic mass is 10.3. The van der Waals surface area contributed by atoms with E-state index < -0.39 is 11.8 Å². The maximum absolute atomic E-state index is 11.8. The van der Waals surface area contributed by atoms with Crippen LogP contribution >= 0.6 is 15.9 Å². The second-order valence-corrected chi connectivity index (χ2v) is 4.91. The molecule has 2 N–H and O–H groups in total. The van der Waals surface area contributed by atoms with Gasteiger partial charge in [0.15, 0.2) is 0 Å². The van der Waals surface area contributed by atoms with Crippen molar-refractivity contribution < 1.29 is 9.59 Å². The highest BCUT2D eigenvalue weighted by molar-refractivity contribution is 9.10. The molecule has 5 nitrogen and oxygen atoms in total. The molecule has 0 radical (unpaired) electrons. The first-order valence-electron chi connectivity index (χ1n) is 5.87. The van der Waals surface area contributed by atoms with Gasteiger partial charge in [0.1, 0.15) is 5.82 Å². The molecule has 102 valence electrons. The molecule has 0 saturated carbocycles. The van der Waals surface area contributed by atoms with Crippen molar-refractivity contribution in [3.8, 4) is 0 Å². The van der Waals surface area contributed by atoms with Gasteiger partial charge in [-0.25, -0.2) is 4.98 Å². The third-order valence-electron chi connectivity index (χ3n) is 2.46. The fraction of sp³-hybridized carbons (Fsp3) is 0.0714. The van der Waals surface area contributed by atoms with Crippen LogP contribution in [0.5, 0.6) is 0 Å². The molecule has 0 unspecified atom stereocenters. The molecule has 2 aromatic rings. The van der Waals surface area contributed by atoms with E-state index in [2.05, 4.69) is 31.5 Å². The van der Waals surface area contributed by atoms with Crippen LogP contribution in [-0.4, -0.2) is 16.8 Å². The van der Waals surface area contributed by atoms with Crippen molar-refractivity contribution in [2.45, 2.75) is 6.92 Å². The summed E-state index contributed by atoms with van der Waals surface area (Å²) < 4.78 is 0.704. The van der Waals surface area contributed by atoms with Gasteiger partial charge in [-0.2, -0.15) is 0 Å². The first-order valence-corrected chi connectivity index (χ1v) is 6.66. The van der Waals surface area contributed by atoms with Crippen LogP contribution in [-0.2, 0) is 9.59 Å². The van der Waals surface area contributed by atoms with E-state index in [-0.39, 0.29) is 0 Å². The molecule has 0 spiro atoms. The Morgan fingerprint density at radius 2 is 1.70 bits per heavy atom. The Morgan fingerprint density at radius 1 is 1.00 bits per heavy atom. The maximum Gasteiger partial charge on any atom is 0.315 e. The number of hydrogen-bond donors (Lipinski definition) is 2. The number of nitrogens with zero attached hydrogens (tertiary/aromatic N) is 1. The SMILES string of the molecule is Cc1cccc(NC(=O)C(=O)Nc2ccccc2Br)n1. The van der Waals surface area contributed by atoms with Gasteiger partial charge < -0.3 is 10.6 Å². The summed E-state index contributed by atoms with van der Waals surface area (Å²) >= 11 is 3.29. The number of halogens is 1. The number of rotatable bonds is 2. The fourth-order valence-corrected chi connectivity index (χ4v) is 1.91. The number of benzene rings is 1. The third-order valence-corrected chi connectivity index (χ3v) is 3.15. The van der Waals surface area contributed by atoms with E-state index in [1.165, 1.54) is 0 Å². The van der Waals surface area contributed by atoms with E-state index in [9.17, 15) is 9.59 Å². The van der Waals surface area contributed by atoms with Crippen LogP contribution in [0.4, 0.5) is 11.5 Å². The van der Waals surface area contributed by atoms with Crippen molar-refractivity contribution in [1.82, 2.24) is 4.98 Å². The van der Waals surface area contributed by atoms with Gasteiger partial charge in [0.05, 0.1) is 5.69 Å². The summed E-state index contributed by atoms with van der Waals surface area (Å²) in [6.07, 6.45) is 0. The zero-order valence-electron chi connectivity index (χ0n) is 10.7. The lowest BCUT2D eigenvalue weighted by Gasteiger charge is -2.07. The first kappa shape index (κ1) is 14.2. The first-order chi connectivity index (χ1) is 9.56. The molecular formula is C14H12BrN3O2. The van der Waals surface area contributed by atoms with Crippen LogP contribution in [0.25, 0.3) is 0 Å². The highest BCUT2D eigenvalue weighted by Crippen LogP contribution is 2.21. The number of pyridine rings is 1. The molecule has 0 fully saturated rings.